The lowest BCUT2D eigenvalue weighted by Gasteiger charge is -2.10. The van der Waals surface area contributed by atoms with E-state index >= 15 is 0 Å². The Morgan fingerprint density at radius 2 is 1.85 bits per heavy atom. The average molecular weight is 467 g/mol. The maximum atomic E-state index is 8.82. The Hall–Kier alpha value is -2.08. The normalized spacial score (nSPS) is 11.0. The quantitative estimate of drug-likeness (QED) is 0.366. The van der Waals surface area contributed by atoms with Crippen molar-refractivity contribution < 1.29 is 4.52 Å². The first-order chi connectivity index (χ1) is 12.2. The second-order valence-electron chi connectivity index (χ2n) is 5.82. The molecule has 7 heteroatoms. The molecule has 0 atom stereocenters. The number of nitrogens with zero attached hydrogens (tertiary/aromatic N) is 3. The topological polar surface area (TPSA) is 86.2 Å². The zero-order chi connectivity index (χ0) is 18.1. The van der Waals surface area contributed by atoms with Crippen molar-refractivity contribution in [2.75, 3.05) is 7.05 Å². The summed E-state index contributed by atoms with van der Waals surface area (Å²) >= 11 is 0. The summed E-state index contributed by atoms with van der Waals surface area (Å²) in [5.41, 5.74) is 2.75. The number of hydrogen-bond donors (Lipinski definition) is 2. The third kappa shape index (κ3) is 6.33. The molecule has 6 nitrogen and oxygen atoms in total. The van der Waals surface area contributed by atoms with Crippen LogP contribution in [0.25, 0.3) is 0 Å². The van der Waals surface area contributed by atoms with Crippen molar-refractivity contribution in [2.24, 2.45) is 4.99 Å². The highest BCUT2D eigenvalue weighted by Gasteiger charge is 2.13. The molecule has 0 saturated carbocycles. The van der Waals surface area contributed by atoms with Crippen molar-refractivity contribution >= 4 is 29.9 Å². The Kier molecular flexibility index (Phi) is 9.73. The van der Waals surface area contributed by atoms with Crippen molar-refractivity contribution in [1.82, 2.24) is 15.8 Å². The number of halogens is 1. The number of benzene rings is 1. The minimum absolute atomic E-state index is 0. The largest absolute Gasteiger partial charge is 0.359 e. The van der Waals surface area contributed by atoms with Crippen LogP contribution >= 0.6 is 24.0 Å². The van der Waals surface area contributed by atoms with Gasteiger partial charge in [-0.2, -0.15) is 5.26 Å². The van der Waals surface area contributed by atoms with E-state index in [0.717, 1.165) is 29.9 Å². The number of hydrogen-bond acceptors (Lipinski definition) is 4. The van der Waals surface area contributed by atoms with Gasteiger partial charge in [0.25, 0.3) is 0 Å². The molecule has 0 aliphatic heterocycles. The van der Waals surface area contributed by atoms with Crippen LogP contribution in [0.3, 0.4) is 0 Å². The maximum absolute atomic E-state index is 8.82. The molecule has 0 amide bonds. The first-order valence-electron chi connectivity index (χ1n) is 8.59. The molecule has 0 aliphatic carbocycles. The van der Waals surface area contributed by atoms with Crippen molar-refractivity contribution in [3.63, 3.8) is 0 Å². The predicted molar refractivity (Wildman–Crippen MR) is 113 cm³/mol. The fraction of sp³-hybridized carbons (Fsp3) is 0.421. The van der Waals surface area contributed by atoms with Gasteiger partial charge in [-0.05, 0) is 30.5 Å². The van der Waals surface area contributed by atoms with E-state index in [2.05, 4.69) is 40.7 Å². The van der Waals surface area contributed by atoms with Crippen LogP contribution in [0.1, 0.15) is 55.2 Å². The summed E-state index contributed by atoms with van der Waals surface area (Å²) < 4.78 is 5.41. The molecule has 2 aromatic rings. The summed E-state index contributed by atoms with van der Waals surface area (Å²) in [7, 11) is 1.73. The molecule has 0 bridgehead atoms. The maximum Gasteiger partial charge on any atom is 0.191 e. The summed E-state index contributed by atoms with van der Waals surface area (Å²) in [6.07, 6.45) is 2.12. The molecule has 26 heavy (non-hydrogen) atoms. The summed E-state index contributed by atoms with van der Waals surface area (Å²) in [6.45, 7) is 5.48. The summed E-state index contributed by atoms with van der Waals surface area (Å²) in [6, 6.07) is 11.6. The molecular formula is C19H26IN5O. The minimum Gasteiger partial charge on any atom is -0.359 e. The lowest BCUT2D eigenvalue weighted by atomic mass is 9.99. The average Bonchev–Trinajstić information content (AvgIpc) is 3.12. The van der Waals surface area contributed by atoms with E-state index in [9.17, 15) is 0 Å². The fourth-order valence-electron chi connectivity index (χ4n) is 2.59. The number of rotatable bonds is 7. The van der Waals surface area contributed by atoms with Crippen molar-refractivity contribution in [2.45, 2.75) is 45.7 Å². The Balaban J connectivity index is 0.00000338. The molecule has 140 valence electrons. The van der Waals surface area contributed by atoms with Crippen LogP contribution in [0, 0.1) is 11.3 Å². The molecule has 0 aliphatic rings. The molecule has 2 rings (SSSR count). The van der Waals surface area contributed by atoms with Gasteiger partial charge in [-0.3, -0.25) is 4.99 Å². The van der Waals surface area contributed by atoms with Gasteiger partial charge in [0.15, 0.2) is 11.7 Å². The van der Waals surface area contributed by atoms with Crippen molar-refractivity contribution in [3.05, 3.63) is 52.9 Å². The van der Waals surface area contributed by atoms with Crippen LogP contribution in [0.4, 0.5) is 0 Å². The van der Waals surface area contributed by atoms with Gasteiger partial charge < -0.3 is 15.2 Å². The second-order valence-corrected chi connectivity index (χ2v) is 5.82. The Morgan fingerprint density at radius 3 is 2.42 bits per heavy atom. The SMILES string of the molecule is CCC(CC)c1cc(CNC(=NC)NCc2ccc(C#N)cc2)on1.I. The van der Waals surface area contributed by atoms with E-state index in [1.165, 1.54) is 0 Å². The lowest BCUT2D eigenvalue weighted by molar-refractivity contribution is 0.368. The molecule has 1 aromatic heterocycles. The second kappa shape index (κ2) is 11.5. The molecule has 1 heterocycles. The summed E-state index contributed by atoms with van der Waals surface area (Å²) in [5.74, 6) is 1.93. The first kappa shape index (κ1) is 22.0. The molecule has 0 fully saturated rings. The Morgan fingerprint density at radius 1 is 1.19 bits per heavy atom. The molecule has 2 N–H and O–H groups in total. The number of nitriles is 1. The van der Waals surface area contributed by atoms with Crippen LogP contribution in [0.15, 0.2) is 39.8 Å². The molecule has 0 spiro atoms. The van der Waals surface area contributed by atoms with E-state index in [1.54, 1.807) is 19.2 Å². The van der Waals surface area contributed by atoms with Gasteiger partial charge >= 0.3 is 0 Å². The van der Waals surface area contributed by atoms with Gasteiger partial charge in [-0.15, -0.1) is 24.0 Å². The minimum atomic E-state index is 0. The van der Waals surface area contributed by atoms with Crippen molar-refractivity contribution in [1.29, 1.82) is 5.26 Å². The molecular weight excluding hydrogens is 441 g/mol. The highest BCUT2D eigenvalue weighted by atomic mass is 127. The van der Waals surface area contributed by atoms with Gasteiger partial charge in [0.05, 0.1) is 23.9 Å². The standard InChI is InChI=1S/C19H25N5O.HI/c1-4-16(5-2)18-10-17(25-24-18)13-23-19(21-3)22-12-15-8-6-14(11-20)7-9-15;/h6-10,16H,4-5,12-13H2,1-3H3,(H2,21,22,23);1H. The van der Waals surface area contributed by atoms with E-state index in [-0.39, 0.29) is 24.0 Å². The highest BCUT2D eigenvalue weighted by molar-refractivity contribution is 14.0. The van der Waals surface area contributed by atoms with Gasteiger partial charge in [-0.25, -0.2) is 0 Å². The zero-order valence-electron chi connectivity index (χ0n) is 15.5. The number of nitrogens with one attached hydrogen (secondary N) is 2. The van der Waals surface area contributed by atoms with E-state index in [0.29, 0.717) is 30.5 Å². The van der Waals surface area contributed by atoms with Crippen LogP contribution in [0.5, 0.6) is 0 Å². The third-order valence-electron chi connectivity index (χ3n) is 4.18. The van der Waals surface area contributed by atoms with Gasteiger partial charge in [-0.1, -0.05) is 31.1 Å². The number of aromatic nitrogens is 1. The van der Waals surface area contributed by atoms with E-state index in [4.69, 9.17) is 9.78 Å². The molecule has 0 saturated heterocycles. The fourth-order valence-corrected chi connectivity index (χ4v) is 2.59. The monoisotopic (exact) mass is 467 g/mol. The first-order valence-corrected chi connectivity index (χ1v) is 8.59. The van der Waals surface area contributed by atoms with Crippen LogP contribution in [-0.4, -0.2) is 18.2 Å². The summed E-state index contributed by atoms with van der Waals surface area (Å²) in [4.78, 5) is 4.21. The molecule has 1 aromatic carbocycles. The third-order valence-corrected chi connectivity index (χ3v) is 4.18. The van der Waals surface area contributed by atoms with Gasteiger partial charge in [0.1, 0.15) is 0 Å². The summed E-state index contributed by atoms with van der Waals surface area (Å²) in [5, 5.41) is 19.5. The highest BCUT2D eigenvalue weighted by Crippen LogP contribution is 2.22. The molecule has 0 radical (unpaired) electrons. The Labute approximate surface area is 172 Å². The van der Waals surface area contributed by atoms with Crippen molar-refractivity contribution in [3.8, 4) is 6.07 Å². The van der Waals surface area contributed by atoms with Crippen LogP contribution in [0.2, 0.25) is 0 Å². The predicted octanol–water partition coefficient (Wildman–Crippen LogP) is 3.93. The smallest absolute Gasteiger partial charge is 0.191 e. The van der Waals surface area contributed by atoms with Crippen LogP contribution in [-0.2, 0) is 13.1 Å². The van der Waals surface area contributed by atoms with Gasteiger partial charge in [0, 0.05) is 25.6 Å². The van der Waals surface area contributed by atoms with E-state index in [1.807, 2.05) is 18.2 Å². The lowest BCUT2D eigenvalue weighted by Crippen LogP contribution is -2.36. The Bertz CT molecular complexity index is 729. The zero-order valence-corrected chi connectivity index (χ0v) is 17.8. The van der Waals surface area contributed by atoms with Crippen LogP contribution < -0.4 is 10.6 Å². The number of guanidine groups is 1. The van der Waals surface area contributed by atoms with E-state index < -0.39 is 0 Å². The van der Waals surface area contributed by atoms with Gasteiger partial charge in [0.2, 0.25) is 0 Å². The molecule has 0 unspecified atom stereocenters. The number of aliphatic imine (C=N–C) groups is 1.